The Bertz CT molecular complexity index is 899. The molecule has 1 aromatic heterocycles. The molecule has 2 aromatic rings. The van der Waals surface area contributed by atoms with Crippen LogP contribution in [-0.4, -0.2) is 44.3 Å². The summed E-state index contributed by atoms with van der Waals surface area (Å²) >= 11 is 1.28. The fourth-order valence-electron chi connectivity index (χ4n) is 3.09. The fraction of sp³-hybridized carbons (Fsp3) is 0.429. The van der Waals surface area contributed by atoms with Crippen molar-refractivity contribution in [2.24, 2.45) is 11.7 Å². The second kappa shape index (κ2) is 11.9. The number of rotatable bonds is 13. The Hall–Kier alpha value is -3.14. The molecule has 2 rings (SSSR count). The Labute approximate surface area is 184 Å². The SMILES string of the molecule is CC[C@H](NC(=O)CCc1ccc(-c2csnn2)cc1)C(=O)C[C@@H](CCC(=O)O)C(N)=O. The Morgan fingerprint density at radius 1 is 1.16 bits per heavy atom. The zero-order valence-electron chi connectivity index (χ0n) is 17.2. The van der Waals surface area contributed by atoms with E-state index in [1.54, 1.807) is 6.92 Å². The van der Waals surface area contributed by atoms with E-state index in [0.717, 1.165) is 16.8 Å². The number of aliphatic carboxylic acids is 1. The predicted molar refractivity (Wildman–Crippen MR) is 115 cm³/mol. The predicted octanol–water partition coefficient (Wildman–Crippen LogP) is 1.96. The van der Waals surface area contributed by atoms with E-state index < -0.39 is 23.8 Å². The van der Waals surface area contributed by atoms with Crippen molar-refractivity contribution in [2.45, 2.75) is 51.5 Å². The number of carbonyl (C=O) groups is 4. The van der Waals surface area contributed by atoms with Crippen LogP contribution in [0.5, 0.6) is 0 Å². The van der Waals surface area contributed by atoms with Gasteiger partial charge < -0.3 is 16.2 Å². The monoisotopic (exact) mass is 446 g/mol. The van der Waals surface area contributed by atoms with Crippen LogP contribution in [0.25, 0.3) is 11.3 Å². The first-order valence-corrected chi connectivity index (χ1v) is 10.8. The van der Waals surface area contributed by atoms with E-state index in [4.69, 9.17) is 10.8 Å². The number of primary amides is 1. The van der Waals surface area contributed by atoms with Gasteiger partial charge in [-0.05, 0) is 36.4 Å². The Balaban J connectivity index is 1.85. The number of benzene rings is 1. The topological polar surface area (TPSA) is 152 Å². The van der Waals surface area contributed by atoms with E-state index in [2.05, 4.69) is 14.9 Å². The molecule has 0 saturated carbocycles. The van der Waals surface area contributed by atoms with Crippen molar-refractivity contribution in [2.75, 3.05) is 0 Å². The summed E-state index contributed by atoms with van der Waals surface area (Å²) in [5, 5.41) is 17.3. The Morgan fingerprint density at radius 2 is 1.87 bits per heavy atom. The van der Waals surface area contributed by atoms with Crippen molar-refractivity contribution >= 4 is 35.1 Å². The van der Waals surface area contributed by atoms with E-state index in [1.807, 2.05) is 29.6 Å². The van der Waals surface area contributed by atoms with Crippen molar-refractivity contribution in [3.63, 3.8) is 0 Å². The highest BCUT2D eigenvalue weighted by Gasteiger charge is 2.25. The maximum atomic E-state index is 12.5. The number of aryl methyl sites for hydroxylation is 1. The fourth-order valence-corrected chi connectivity index (χ4v) is 3.56. The highest BCUT2D eigenvalue weighted by Crippen LogP contribution is 2.19. The molecule has 10 heteroatoms. The Kier molecular flexibility index (Phi) is 9.26. The van der Waals surface area contributed by atoms with E-state index in [0.29, 0.717) is 12.8 Å². The lowest BCUT2D eigenvalue weighted by Crippen LogP contribution is -2.42. The summed E-state index contributed by atoms with van der Waals surface area (Å²) in [6, 6.07) is 6.94. The number of carbonyl (C=O) groups excluding carboxylic acids is 3. The molecule has 1 heterocycles. The van der Waals surface area contributed by atoms with Gasteiger partial charge in [-0.2, -0.15) is 0 Å². The number of ketones is 1. The van der Waals surface area contributed by atoms with Crippen LogP contribution in [0.2, 0.25) is 0 Å². The number of hydrogen-bond donors (Lipinski definition) is 3. The van der Waals surface area contributed by atoms with Gasteiger partial charge in [-0.15, -0.1) is 5.10 Å². The van der Waals surface area contributed by atoms with Crippen LogP contribution >= 0.6 is 11.5 Å². The molecule has 0 spiro atoms. The van der Waals surface area contributed by atoms with Gasteiger partial charge in [0.1, 0.15) is 5.69 Å². The van der Waals surface area contributed by atoms with Gasteiger partial charge >= 0.3 is 5.97 Å². The van der Waals surface area contributed by atoms with Crippen molar-refractivity contribution in [1.29, 1.82) is 0 Å². The van der Waals surface area contributed by atoms with E-state index in [9.17, 15) is 19.2 Å². The minimum atomic E-state index is -1.06. The lowest BCUT2D eigenvalue weighted by molar-refractivity contribution is -0.138. The molecule has 0 aliphatic carbocycles. The highest BCUT2D eigenvalue weighted by atomic mass is 32.1. The molecule has 0 aliphatic heterocycles. The molecule has 0 aliphatic rings. The lowest BCUT2D eigenvalue weighted by Gasteiger charge is -2.19. The van der Waals surface area contributed by atoms with Crippen molar-refractivity contribution < 1.29 is 24.3 Å². The highest BCUT2D eigenvalue weighted by molar-refractivity contribution is 7.03. The molecule has 31 heavy (non-hydrogen) atoms. The number of nitrogens with one attached hydrogen (secondary N) is 1. The summed E-state index contributed by atoms with van der Waals surface area (Å²) in [5.74, 6) is -3.23. The van der Waals surface area contributed by atoms with Crippen molar-refractivity contribution in [3.05, 3.63) is 35.2 Å². The first kappa shape index (κ1) is 24.1. The van der Waals surface area contributed by atoms with Crippen molar-refractivity contribution in [3.8, 4) is 11.3 Å². The summed E-state index contributed by atoms with van der Waals surface area (Å²) in [6.45, 7) is 1.76. The lowest BCUT2D eigenvalue weighted by atomic mass is 9.92. The first-order chi connectivity index (χ1) is 14.8. The summed E-state index contributed by atoms with van der Waals surface area (Å²) in [7, 11) is 0. The van der Waals surface area contributed by atoms with Gasteiger partial charge in [0, 0.05) is 36.1 Å². The van der Waals surface area contributed by atoms with Crippen molar-refractivity contribution in [1.82, 2.24) is 14.9 Å². The number of nitrogens with two attached hydrogens (primary N) is 1. The Morgan fingerprint density at radius 3 is 2.42 bits per heavy atom. The van der Waals surface area contributed by atoms with Crippen LogP contribution in [0.3, 0.4) is 0 Å². The third-order valence-corrected chi connectivity index (χ3v) is 5.44. The normalized spacial score (nSPS) is 12.7. The molecular weight excluding hydrogens is 420 g/mol. The maximum Gasteiger partial charge on any atom is 0.303 e. The van der Waals surface area contributed by atoms with Gasteiger partial charge in [-0.25, -0.2) is 0 Å². The molecule has 1 aromatic carbocycles. The number of amides is 2. The van der Waals surface area contributed by atoms with Gasteiger partial charge in [-0.1, -0.05) is 35.7 Å². The zero-order chi connectivity index (χ0) is 22.8. The molecule has 0 unspecified atom stereocenters. The molecule has 0 bridgehead atoms. The summed E-state index contributed by atoms with van der Waals surface area (Å²) in [4.78, 5) is 47.1. The minimum Gasteiger partial charge on any atom is -0.481 e. The first-order valence-electron chi connectivity index (χ1n) is 9.99. The number of Topliss-reactive ketones (excluding diaryl/α,β-unsaturated/α-hetero) is 1. The number of aromatic nitrogens is 2. The number of hydrogen-bond acceptors (Lipinski definition) is 7. The van der Waals surface area contributed by atoms with E-state index in [-0.39, 0.29) is 37.4 Å². The average Bonchev–Trinajstić information content (AvgIpc) is 3.28. The molecule has 0 saturated heterocycles. The molecule has 9 nitrogen and oxygen atoms in total. The van der Waals surface area contributed by atoms with Crippen LogP contribution < -0.4 is 11.1 Å². The van der Waals surface area contributed by atoms with Crippen LogP contribution in [-0.2, 0) is 25.6 Å². The number of carboxylic acids is 1. The third-order valence-electron chi connectivity index (χ3n) is 4.94. The summed E-state index contributed by atoms with van der Waals surface area (Å²) in [5.41, 5.74) is 8.02. The van der Waals surface area contributed by atoms with Crippen LogP contribution in [0.1, 0.15) is 44.6 Å². The maximum absolute atomic E-state index is 12.5. The van der Waals surface area contributed by atoms with Gasteiger partial charge in [0.15, 0.2) is 5.78 Å². The molecule has 0 fully saturated rings. The molecule has 4 N–H and O–H groups in total. The average molecular weight is 447 g/mol. The minimum absolute atomic E-state index is 0.00620. The second-order valence-electron chi connectivity index (χ2n) is 7.22. The van der Waals surface area contributed by atoms with Gasteiger partial charge in [0.25, 0.3) is 0 Å². The van der Waals surface area contributed by atoms with Crippen LogP contribution in [0.4, 0.5) is 0 Å². The number of nitrogens with zero attached hydrogens (tertiary/aromatic N) is 2. The molecular formula is C21H26N4O5S. The quantitative estimate of drug-likeness (QED) is 0.425. The van der Waals surface area contributed by atoms with Crippen LogP contribution in [0, 0.1) is 5.92 Å². The standard InChI is InChI=1S/C21H26N4O5S/c1-2-16(18(26)11-15(21(22)30)8-10-20(28)29)23-19(27)9-5-13-3-6-14(7-4-13)17-12-31-25-24-17/h3-4,6-7,12,15-16H,2,5,8-11H2,1H3,(H2,22,30)(H,23,27)(H,28,29)/t15-,16+/m1/s1. The smallest absolute Gasteiger partial charge is 0.303 e. The number of carboxylic acid groups (broad SMARTS) is 1. The van der Waals surface area contributed by atoms with E-state index >= 15 is 0 Å². The van der Waals surface area contributed by atoms with Gasteiger partial charge in [-0.3, -0.25) is 19.2 Å². The summed E-state index contributed by atoms with van der Waals surface area (Å²) in [6.07, 6.45) is 0.642. The van der Waals surface area contributed by atoms with Gasteiger partial charge in [0.2, 0.25) is 11.8 Å². The second-order valence-corrected chi connectivity index (χ2v) is 7.83. The largest absolute Gasteiger partial charge is 0.481 e. The van der Waals surface area contributed by atoms with Gasteiger partial charge in [0.05, 0.1) is 6.04 Å². The molecule has 2 amide bonds. The van der Waals surface area contributed by atoms with E-state index in [1.165, 1.54) is 11.5 Å². The summed E-state index contributed by atoms with van der Waals surface area (Å²) < 4.78 is 3.84. The molecule has 2 atom stereocenters. The third kappa shape index (κ3) is 7.89. The molecule has 0 radical (unpaired) electrons. The van der Waals surface area contributed by atoms with Crippen LogP contribution in [0.15, 0.2) is 29.6 Å². The molecule has 166 valence electrons. The zero-order valence-corrected chi connectivity index (χ0v) is 18.1.